The Morgan fingerprint density at radius 2 is 1.93 bits per heavy atom. The topological polar surface area (TPSA) is 25.8 Å². The normalized spacial score (nSPS) is 15.0. The molecular weight excluding hydrogens is 184 g/mol. The van der Waals surface area contributed by atoms with Crippen LogP contribution in [0.25, 0.3) is 0 Å². The summed E-state index contributed by atoms with van der Waals surface area (Å²) in [4.78, 5) is 9.11. The molecule has 0 radical (unpaired) electrons. The summed E-state index contributed by atoms with van der Waals surface area (Å²) < 4.78 is 0. The zero-order valence-corrected chi connectivity index (χ0v) is 10.6. The third-order valence-electron chi connectivity index (χ3n) is 3.35. The van der Waals surface area contributed by atoms with Crippen molar-refractivity contribution in [2.75, 3.05) is 0 Å². The molecule has 1 rings (SSSR count). The van der Waals surface area contributed by atoms with Crippen LogP contribution in [0.1, 0.15) is 57.1 Å². The first-order valence-corrected chi connectivity index (χ1v) is 5.84. The number of hydrogen-bond donors (Lipinski definition) is 0. The Labute approximate surface area is 93.2 Å². The first kappa shape index (κ1) is 12.2. The number of aromatic nitrogens is 2. The Morgan fingerprint density at radius 1 is 1.27 bits per heavy atom. The summed E-state index contributed by atoms with van der Waals surface area (Å²) in [5.41, 5.74) is 2.43. The summed E-state index contributed by atoms with van der Waals surface area (Å²) in [6, 6.07) is 0. The maximum atomic E-state index is 4.62. The van der Waals surface area contributed by atoms with E-state index in [0.717, 1.165) is 24.4 Å². The minimum absolute atomic E-state index is 0.146. The molecule has 0 fully saturated rings. The van der Waals surface area contributed by atoms with Gasteiger partial charge in [0.2, 0.25) is 0 Å². The lowest BCUT2D eigenvalue weighted by molar-refractivity contribution is 0.388. The number of aryl methyl sites for hydroxylation is 2. The third kappa shape index (κ3) is 2.55. The van der Waals surface area contributed by atoms with E-state index in [0.29, 0.717) is 0 Å². The molecule has 0 aromatic carbocycles. The summed E-state index contributed by atoms with van der Waals surface area (Å²) in [6.07, 6.45) is 5.39. The number of rotatable bonds is 4. The van der Waals surface area contributed by atoms with Crippen LogP contribution in [0.4, 0.5) is 0 Å². The quantitative estimate of drug-likeness (QED) is 0.752. The highest BCUT2D eigenvalue weighted by Gasteiger charge is 2.26. The molecule has 0 aliphatic rings. The van der Waals surface area contributed by atoms with Crippen molar-refractivity contribution in [1.29, 1.82) is 0 Å². The van der Waals surface area contributed by atoms with Gasteiger partial charge in [-0.25, -0.2) is 9.97 Å². The van der Waals surface area contributed by atoms with Gasteiger partial charge in [-0.1, -0.05) is 27.2 Å². The van der Waals surface area contributed by atoms with Gasteiger partial charge in [-0.05, 0) is 32.3 Å². The SMILES string of the molecule is CCCC(C)(CC)c1ncc(C)c(C)n1. The van der Waals surface area contributed by atoms with Crippen LogP contribution in [0, 0.1) is 13.8 Å². The Morgan fingerprint density at radius 3 is 2.40 bits per heavy atom. The van der Waals surface area contributed by atoms with Crippen molar-refractivity contribution >= 4 is 0 Å². The first-order chi connectivity index (χ1) is 7.03. The Kier molecular flexibility index (Phi) is 3.83. The van der Waals surface area contributed by atoms with Crippen LogP contribution in [-0.4, -0.2) is 9.97 Å². The minimum atomic E-state index is 0.146. The highest BCUT2D eigenvalue weighted by atomic mass is 14.9. The van der Waals surface area contributed by atoms with Gasteiger partial charge in [0.25, 0.3) is 0 Å². The van der Waals surface area contributed by atoms with Crippen molar-refractivity contribution in [1.82, 2.24) is 9.97 Å². The summed E-state index contributed by atoms with van der Waals surface area (Å²) in [6.45, 7) is 10.8. The van der Waals surface area contributed by atoms with Crippen LogP contribution in [0.15, 0.2) is 6.20 Å². The summed E-state index contributed by atoms with van der Waals surface area (Å²) >= 11 is 0. The predicted molar refractivity (Wildman–Crippen MR) is 64.1 cm³/mol. The van der Waals surface area contributed by atoms with Gasteiger partial charge in [0.15, 0.2) is 0 Å². The molecule has 2 nitrogen and oxygen atoms in total. The third-order valence-corrected chi connectivity index (χ3v) is 3.35. The summed E-state index contributed by atoms with van der Waals surface area (Å²) in [7, 11) is 0. The molecule has 1 heterocycles. The fourth-order valence-electron chi connectivity index (χ4n) is 1.82. The van der Waals surface area contributed by atoms with Gasteiger partial charge in [0, 0.05) is 17.3 Å². The van der Waals surface area contributed by atoms with Crippen molar-refractivity contribution < 1.29 is 0 Å². The molecule has 0 aliphatic heterocycles. The van der Waals surface area contributed by atoms with E-state index in [1.807, 2.05) is 6.20 Å². The highest BCUT2D eigenvalue weighted by molar-refractivity contribution is 5.17. The minimum Gasteiger partial charge on any atom is -0.240 e. The molecule has 0 amide bonds. The standard InChI is InChI=1S/C13H22N2/c1-6-8-13(5,7-2)12-14-9-10(3)11(4)15-12/h9H,6-8H2,1-5H3. The second-order valence-corrected chi connectivity index (χ2v) is 4.63. The summed E-state index contributed by atoms with van der Waals surface area (Å²) in [5, 5.41) is 0. The second-order valence-electron chi connectivity index (χ2n) is 4.63. The first-order valence-electron chi connectivity index (χ1n) is 5.84. The van der Waals surface area contributed by atoms with Crippen molar-refractivity contribution in [2.45, 2.75) is 59.3 Å². The molecule has 0 aliphatic carbocycles. The van der Waals surface area contributed by atoms with Gasteiger partial charge >= 0.3 is 0 Å². The number of hydrogen-bond acceptors (Lipinski definition) is 2. The Balaban J connectivity index is 3.07. The molecule has 0 spiro atoms. The van der Waals surface area contributed by atoms with Gasteiger partial charge < -0.3 is 0 Å². The van der Waals surface area contributed by atoms with E-state index in [2.05, 4.69) is 44.6 Å². The van der Waals surface area contributed by atoms with Gasteiger partial charge in [-0.3, -0.25) is 0 Å². The zero-order valence-electron chi connectivity index (χ0n) is 10.6. The van der Waals surface area contributed by atoms with Crippen molar-refractivity contribution in [3.05, 3.63) is 23.3 Å². The van der Waals surface area contributed by atoms with Crippen LogP contribution in [0.5, 0.6) is 0 Å². The van der Waals surface area contributed by atoms with Crippen molar-refractivity contribution in [2.24, 2.45) is 0 Å². The van der Waals surface area contributed by atoms with E-state index in [1.165, 1.54) is 12.0 Å². The molecule has 1 atom stereocenters. The average Bonchev–Trinajstić information content (AvgIpc) is 2.22. The molecule has 0 N–H and O–H groups in total. The van der Waals surface area contributed by atoms with Crippen molar-refractivity contribution in [3.8, 4) is 0 Å². The van der Waals surface area contributed by atoms with Gasteiger partial charge in [0.1, 0.15) is 5.82 Å². The molecule has 1 aromatic heterocycles. The molecule has 0 saturated heterocycles. The lowest BCUT2D eigenvalue weighted by Crippen LogP contribution is -2.24. The molecule has 84 valence electrons. The maximum Gasteiger partial charge on any atom is 0.134 e. The van der Waals surface area contributed by atoms with E-state index in [4.69, 9.17) is 0 Å². The smallest absolute Gasteiger partial charge is 0.134 e. The fourth-order valence-corrected chi connectivity index (χ4v) is 1.82. The van der Waals surface area contributed by atoms with Crippen LogP contribution in [0.3, 0.4) is 0 Å². The van der Waals surface area contributed by atoms with E-state index in [-0.39, 0.29) is 5.41 Å². The molecule has 1 aromatic rings. The lowest BCUT2D eigenvalue weighted by atomic mass is 9.82. The second kappa shape index (κ2) is 4.73. The van der Waals surface area contributed by atoms with E-state index in [9.17, 15) is 0 Å². The maximum absolute atomic E-state index is 4.62. The van der Waals surface area contributed by atoms with E-state index in [1.54, 1.807) is 0 Å². The van der Waals surface area contributed by atoms with Gasteiger partial charge in [-0.15, -0.1) is 0 Å². The van der Waals surface area contributed by atoms with Crippen LogP contribution < -0.4 is 0 Å². The highest BCUT2D eigenvalue weighted by Crippen LogP contribution is 2.29. The van der Waals surface area contributed by atoms with Gasteiger partial charge in [-0.2, -0.15) is 0 Å². The van der Waals surface area contributed by atoms with E-state index < -0.39 is 0 Å². The largest absolute Gasteiger partial charge is 0.240 e. The van der Waals surface area contributed by atoms with Crippen molar-refractivity contribution in [3.63, 3.8) is 0 Å². The average molecular weight is 206 g/mol. The zero-order chi connectivity index (χ0) is 11.5. The van der Waals surface area contributed by atoms with Crippen LogP contribution in [-0.2, 0) is 5.41 Å². The summed E-state index contributed by atoms with van der Waals surface area (Å²) in [5.74, 6) is 1.01. The molecule has 0 bridgehead atoms. The van der Waals surface area contributed by atoms with Crippen LogP contribution >= 0.6 is 0 Å². The molecule has 1 unspecified atom stereocenters. The molecule has 15 heavy (non-hydrogen) atoms. The molecular formula is C13H22N2. The van der Waals surface area contributed by atoms with Crippen LogP contribution in [0.2, 0.25) is 0 Å². The molecule has 2 heteroatoms. The number of nitrogens with zero attached hydrogens (tertiary/aromatic N) is 2. The molecule has 0 saturated carbocycles. The van der Waals surface area contributed by atoms with Gasteiger partial charge in [0.05, 0.1) is 0 Å². The Bertz CT molecular complexity index is 333. The Hall–Kier alpha value is -0.920. The lowest BCUT2D eigenvalue weighted by Gasteiger charge is -2.26. The monoisotopic (exact) mass is 206 g/mol. The van der Waals surface area contributed by atoms with E-state index >= 15 is 0 Å². The fraction of sp³-hybridized carbons (Fsp3) is 0.692. The predicted octanol–water partition coefficient (Wildman–Crippen LogP) is 3.56.